The number of nitro benzene ring substituents is 1. The van der Waals surface area contributed by atoms with E-state index in [-0.39, 0.29) is 22.3 Å². The van der Waals surface area contributed by atoms with Gasteiger partial charge in [-0.25, -0.2) is 0 Å². The standard InChI is InChI=1S/C11H10Cl2N2O5/c1-2-20-9(17)5-8(16)14-11-7(15(18)19)4-3-6(12)10(11)13/h3-4H,2,5H2,1H3,(H,14,16). The maximum atomic E-state index is 11.6. The Bertz CT molecular complexity index is 562. The first-order chi connectivity index (χ1) is 9.36. The Morgan fingerprint density at radius 3 is 2.60 bits per heavy atom. The van der Waals surface area contributed by atoms with Crippen molar-refractivity contribution < 1.29 is 19.2 Å². The molecule has 20 heavy (non-hydrogen) atoms. The topological polar surface area (TPSA) is 98.5 Å². The minimum atomic E-state index is -0.782. The van der Waals surface area contributed by atoms with Crippen molar-refractivity contribution in [2.24, 2.45) is 0 Å². The van der Waals surface area contributed by atoms with Gasteiger partial charge >= 0.3 is 5.97 Å². The van der Waals surface area contributed by atoms with Gasteiger partial charge in [-0.1, -0.05) is 23.2 Å². The van der Waals surface area contributed by atoms with Crippen molar-refractivity contribution in [2.45, 2.75) is 13.3 Å². The lowest BCUT2D eigenvalue weighted by Gasteiger charge is -2.08. The zero-order valence-corrected chi connectivity index (χ0v) is 11.8. The molecule has 0 aliphatic rings. The molecule has 0 radical (unpaired) electrons. The maximum Gasteiger partial charge on any atom is 0.315 e. The van der Waals surface area contributed by atoms with Gasteiger partial charge in [-0.3, -0.25) is 19.7 Å². The highest BCUT2D eigenvalue weighted by atomic mass is 35.5. The molecular formula is C11H10Cl2N2O5. The summed E-state index contributed by atoms with van der Waals surface area (Å²) in [5, 5.41) is 12.9. The van der Waals surface area contributed by atoms with Gasteiger partial charge in [-0.2, -0.15) is 0 Å². The third-order valence-electron chi connectivity index (χ3n) is 2.14. The second-order valence-electron chi connectivity index (χ2n) is 3.54. The minimum Gasteiger partial charge on any atom is -0.466 e. The second-order valence-corrected chi connectivity index (χ2v) is 4.33. The van der Waals surface area contributed by atoms with E-state index in [1.165, 1.54) is 6.07 Å². The molecule has 0 aromatic heterocycles. The highest BCUT2D eigenvalue weighted by molar-refractivity contribution is 6.44. The summed E-state index contributed by atoms with van der Waals surface area (Å²) in [6, 6.07) is 2.34. The molecule has 0 bridgehead atoms. The fourth-order valence-corrected chi connectivity index (χ4v) is 1.70. The van der Waals surface area contributed by atoms with Gasteiger partial charge in [0.15, 0.2) is 0 Å². The van der Waals surface area contributed by atoms with Crippen molar-refractivity contribution in [2.75, 3.05) is 11.9 Å². The van der Waals surface area contributed by atoms with Gasteiger partial charge in [-0.05, 0) is 13.0 Å². The lowest BCUT2D eigenvalue weighted by molar-refractivity contribution is -0.383. The summed E-state index contributed by atoms with van der Waals surface area (Å²) in [6.45, 7) is 1.72. The van der Waals surface area contributed by atoms with E-state index in [4.69, 9.17) is 23.2 Å². The molecule has 0 fully saturated rings. The number of ether oxygens (including phenoxy) is 1. The SMILES string of the molecule is CCOC(=O)CC(=O)Nc1c([N+](=O)[O-])ccc(Cl)c1Cl. The van der Waals surface area contributed by atoms with Crippen LogP contribution >= 0.6 is 23.2 Å². The molecule has 1 rings (SSSR count). The number of carbonyl (C=O) groups excluding carboxylic acids is 2. The fourth-order valence-electron chi connectivity index (χ4n) is 1.34. The van der Waals surface area contributed by atoms with Gasteiger partial charge in [0.25, 0.3) is 5.69 Å². The third kappa shape index (κ3) is 4.07. The van der Waals surface area contributed by atoms with Crippen LogP contribution in [0.5, 0.6) is 0 Å². The predicted molar refractivity (Wildman–Crippen MR) is 73.0 cm³/mol. The molecule has 0 aliphatic carbocycles. The summed E-state index contributed by atoms with van der Waals surface area (Å²) < 4.78 is 4.59. The molecular weight excluding hydrogens is 311 g/mol. The van der Waals surface area contributed by atoms with Crippen LogP contribution in [0.15, 0.2) is 12.1 Å². The van der Waals surface area contributed by atoms with Crippen LogP contribution in [0.2, 0.25) is 10.0 Å². The summed E-state index contributed by atoms with van der Waals surface area (Å²) in [5.41, 5.74) is -0.671. The molecule has 0 aliphatic heterocycles. The van der Waals surface area contributed by atoms with Gasteiger partial charge in [0.2, 0.25) is 5.91 Å². The number of amides is 1. The lowest BCUT2D eigenvalue weighted by atomic mass is 10.2. The van der Waals surface area contributed by atoms with Crippen molar-refractivity contribution in [1.82, 2.24) is 0 Å². The number of anilines is 1. The van der Waals surface area contributed by atoms with Crippen molar-refractivity contribution in [3.63, 3.8) is 0 Å². The number of carbonyl (C=O) groups is 2. The summed E-state index contributed by atoms with van der Waals surface area (Å²) in [7, 11) is 0. The Balaban J connectivity index is 2.96. The molecule has 0 saturated carbocycles. The van der Waals surface area contributed by atoms with Gasteiger partial charge in [0, 0.05) is 6.07 Å². The summed E-state index contributed by atoms with van der Waals surface area (Å²) in [5.74, 6) is -1.53. The van der Waals surface area contributed by atoms with Crippen LogP contribution in [-0.4, -0.2) is 23.4 Å². The average molecular weight is 321 g/mol. The van der Waals surface area contributed by atoms with Crippen LogP contribution in [0.4, 0.5) is 11.4 Å². The van der Waals surface area contributed by atoms with E-state index >= 15 is 0 Å². The van der Waals surface area contributed by atoms with Crippen LogP contribution in [0.3, 0.4) is 0 Å². The van der Waals surface area contributed by atoms with Crippen molar-refractivity contribution in [1.29, 1.82) is 0 Å². The third-order valence-corrected chi connectivity index (χ3v) is 2.95. The summed E-state index contributed by atoms with van der Waals surface area (Å²) >= 11 is 11.5. The number of hydrogen-bond acceptors (Lipinski definition) is 5. The van der Waals surface area contributed by atoms with E-state index < -0.39 is 28.9 Å². The zero-order chi connectivity index (χ0) is 15.3. The molecule has 108 valence electrons. The average Bonchev–Trinajstić information content (AvgIpc) is 2.34. The van der Waals surface area contributed by atoms with E-state index in [9.17, 15) is 19.7 Å². The maximum absolute atomic E-state index is 11.6. The van der Waals surface area contributed by atoms with E-state index in [0.29, 0.717) is 0 Å². The number of rotatable bonds is 5. The lowest BCUT2D eigenvalue weighted by Crippen LogP contribution is -2.19. The minimum absolute atomic E-state index is 0.0451. The molecule has 0 heterocycles. The second kappa shape index (κ2) is 7.06. The molecule has 1 aromatic rings. The van der Waals surface area contributed by atoms with E-state index in [2.05, 4.69) is 10.1 Å². The Labute approximate surface area is 124 Å². The number of esters is 1. The molecule has 7 nitrogen and oxygen atoms in total. The van der Waals surface area contributed by atoms with Crippen LogP contribution < -0.4 is 5.32 Å². The van der Waals surface area contributed by atoms with Gasteiger partial charge < -0.3 is 10.1 Å². The van der Waals surface area contributed by atoms with Crippen LogP contribution in [0, 0.1) is 10.1 Å². The zero-order valence-electron chi connectivity index (χ0n) is 10.3. The number of nitrogens with one attached hydrogen (secondary N) is 1. The molecule has 0 atom stereocenters. The predicted octanol–water partition coefficient (Wildman–Crippen LogP) is 2.79. The van der Waals surface area contributed by atoms with Gasteiger partial charge in [-0.15, -0.1) is 0 Å². The number of hydrogen-bond donors (Lipinski definition) is 1. The Hall–Kier alpha value is -1.86. The number of nitro groups is 1. The van der Waals surface area contributed by atoms with Crippen molar-refractivity contribution in [3.8, 4) is 0 Å². The van der Waals surface area contributed by atoms with Crippen LogP contribution in [0.1, 0.15) is 13.3 Å². The molecule has 0 unspecified atom stereocenters. The summed E-state index contributed by atoms with van der Waals surface area (Å²) in [4.78, 5) is 32.9. The van der Waals surface area contributed by atoms with Crippen LogP contribution in [-0.2, 0) is 14.3 Å². The summed E-state index contributed by atoms with van der Waals surface area (Å²) in [6.07, 6.45) is -0.576. The smallest absolute Gasteiger partial charge is 0.315 e. The highest BCUT2D eigenvalue weighted by Crippen LogP contribution is 2.37. The normalized spacial score (nSPS) is 9.95. The molecule has 1 aromatic carbocycles. The van der Waals surface area contributed by atoms with Crippen molar-refractivity contribution >= 4 is 46.5 Å². The number of nitrogens with zero attached hydrogens (tertiary/aromatic N) is 1. The largest absolute Gasteiger partial charge is 0.466 e. The quantitative estimate of drug-likeness (QED) is 0.389. The molecule has 1 amide bonds. The highest BCUT2D eigenvalue weighted by Gasteiger charge is 2.22. The number of benzene rings is 1. The number of halogens is 2. The van der Waals surface area contributed by atoms with E-state index in [1.54, 1.807) is 6.92 Å². The molecule has 1 N–H and O–H groups in total. The van der Waals surface area contributed by atoms with Gasteiger partial charge in [0.1, 0.15) is 12.1 Å². The molecule has 9 heteroatoms. The molecule has 0 spiro atoms. The first-order valence-corrected chi connectivity index (χ1v) is 6.20. The monoisotopic (exact) mass is 320 g/mol. The fraction of sp³-hybridized carbons (Fsp3) is 0.273. The van der Waals surface area contributed by atoms with Crippen LogP contribution in [0.25, 0.3) is 0 Å². The Kier molecular flexibility index (Phi) is 5.72. The van der Waals surface area contributed by atoms with E-state index in [1.807, 2.05) is 0 Å². The first-order valence-electron chi connectivity index (χ1n) is 5.44. The van der Waals surface area contributed by atoms with E-state index in [0.717, 1.165) is 6.07 Å². The Morgan fingerprint density at radius 1 is 1.40 bits per heavy atom. The van der Waals surface area contributed by atoms with Crippen molar-refractivity contribution in [3.05, 3.63) is 32.3 Å². The van der Waals surface area contributed by atoms with Gasteiger partial charge in [0.05, 0.1) is 21.6 Å². The molecule has 0 saturated heterocycles. The first kappa shape index (κ1) is 16.2. The Morgan fingerprint density at radius 2 is 2.05 bits per heavy atom.